The SMILES string of the molecule is CSC(C)CC(=O)N(C)C1(C(=O)O)CCCCC1. The second kappa shape index (κ2) is 6.45. The molecule has 18 heavy (non-hydrogen) atoms. The molecule has 0 aromatic carbocycles. The van der Waals surface area contributed by atoms with E-state index in [1.54, 1.807) is 18.8 Å². The molecule has 0 aromatic heterocycles. The third-order valence-electron chi connectivity index (χ3n) is 3.96. The Morgan fingerprint density at radius 1 is 1.33 bits per heavy atom. The summed E-state index contributed by atoms with van der Waals surface area (Å²) in [5.41, 5.74) is -0.965. The number of carboxylic acids is 1. The number of thioether (sulfide) groups is 1. The van der Waals surface area contributed by atoms with Gasteiger partial charge in [0.05, 0.1) is 0 Å². The highest BCUT2D eigenvalue weighted by atomic mass is 32.2. The van der Waals surface area contributed by atoms with Gasteiger partial charge in [0.2, 0.25) is 5.91 Å². The molecule has 1 amide bonds. The topological polar surface area (TPSA) is 57.6 Å². The fourth-order valence-electron chi connectivity index (χ4n) is 2.53. The molecule has 1 saturated carbocycles. The van der Waals surface area contributed by atoms with Gasteiger partial charge in [-0.05, 0) is 19.1 Å². The summed E-state index contributed by atoms with van der Waals surface area (Å²) < 4.78 is 0. The molecule has 0 spiro atoms. The van der Waals surface area contributed by atoms with Crippen LogP contribution in [-0.2, 0) is 9.59 Å². The highest BCUT2D eigenvalue weighted by molar-refractivity contribution is 7.99. The van der Waals surface area contributed by atoms with Crippen molar-refractivity contribution in [2.24, 2.45) is 0 Å². The van der Waals surface area contributed by atoms with Crippen LogP contribution in [0.5, 0.6) is 0 Å². The van der Waals surface area contributed by atoms with E-state index in [-0.39, 0.29) is 11.2 Å². The normalized spacial score (nSPS) is 20.2. The van der Waals surface area contributed by atoms with Gasteiger partial charge in [0.1, 0.15) is 5.54 Å². The van der Waals surface area contributed by atoms with E-state index in [1.807, 2.05) is 13.2 Å². The number of carboxylic acid groups (broad SMARTS) is 1. The Kier molecular flexibility index (Phi) is 5.50. The minimum absolute atomic E-state index is 0.0545. The van der Waals surface area contributed by atoms with Crippen molar-refractivity contribution < 1.29 is 14.7 Å². The van der Waals surface area contributed by atoms with Gasteiger partial charge in [0, 0.05) is 18.7 Å². The first-order valence-corrected chi connectivity index (χ1v) is 7.75. The van der Waals surface area contributed by atoms with Gasteiger partial charge < -0.3 is 10.0 Å². The van der Waals surface area contributed by atoms with Gasteiger partial charge in [-0.3, -0.25) is 4.79 Å². The lowest BCUT2D eigenvalue weighted by atomic mass is 9.80. The van der Waals surface area contributed by atoms with E-state index in [0.29, 0.717) is 19.3 Å². The van der Waals surface area contributed by atoms with E-state index in [4.69, 9.17) is 0 Å². The maximum Gasteiger partial charge on any atom is 0.329 e. The Labute approximate surface area is 113 Å². The lowest BCUT2D eigenvalue weighted by Gasteiger charge is -2.41. The second-order valence-corrected chi connectivity index (χ2v) is 6.38. The number of aliphatic carboxylic acids is 1. The van der Waals surface area contributed by atoms with Crippen LogP contribution in [0.2, 0.25) is 0 Å². The monoisotopic (exact) mass is 273 g/mol. The number of carbonyl (C=O) groups excluding carboxylic acids is 1. The smallest absolute Gasteiger partial charge is 0.329 e. The van der Waals surface area contributed by atoms with E-state index < -0.39 is 11.5 Å². The van der Waals surface area contributed by atoms with Crippen LogP contribution in [0.25, 0.3) is 0 Å². The van der Waals surface area contributed by atoms with E-state index in [9.17, 15) is 14.7 Å². The standard InChI is InChI=1S/C13H23NO3S/c1-10(18-3)9-11(15)14(2)13(12(16)17)7-5-4-6-8-13/h10H,4-9H2,1-3H3,(H,16,17). The lowest BCUT2D eigenvalue weighted by Crippen LogP contribution is -2.56. The molecule has 1 N–H and O–H groups in total. The van der Waals surface area contributed by atoms with Crippen molar-refractivity contribution >= 4 is 23.6 Å². The summed E-state index contributed by atoms with van der Waals surface area (Å²) in [4.78, 5) is 25.2. The molecule has 0 bridgehead atoms. The second-order valence-electron chi connectivity index (χ2n) is 5.10. The van der Waals surface area contributed by atoms with E-state index >= 15 is 0 Å². The first-order chi connectivity index (χ1) is 8.44. The maximum atomic E-state index is 12.2. The maximum absolute atomic E-state index is 12.2. The molecule has 1 aliphatic carbocycles. The predicted molar refractivity (Wildman–Crippen MR) is 73.8 cm³/mol. The van der Waals surface area contributed by atoms with Crippen molar-refractivity contribution in [3.8, 4) is 0 Å². The quantitative estimate of drug-likeness (QED) is 0.835. The molecule has 0 heterocycles. The summed E-state index contributed by atoms with van der Waals surface area (Å²) in [6, 6.07) is 0. The van der Waals surface area contributed by atoms with Crippen molar-refractivity contribution in [3.63, 3.8) is 0 Å². The van der Waals surface area contributed by atoms with Crippen LogP contribution in [-0.4, -0.2) is 46.0 Å². The van der Waals surface area contributed by atoms with Crippen molar-refractivity contribution in [2.45, 2.75) is 56.2 Å². The summed E-state index contributed by atoms with van der Waals surface area (Å²) >= 11 is 1.63. The molecule has 0 saturated heterocycles. The predicted octanol–water partition coefficient (Wildman–Crippen LogP) is 2.37. The Morgan fingerprint density at radius 3 is 2.33 bits per heavy atom. The molecule has 1 aliphatic rings. The van der Waals surface area contributed by atoms with Gasteiger partial charge in [0.15, 0.2) is 0 Å². The van der Waals surface area contributed by atoms with Crippen LogP contribution in [0.3, 0.4) is 0 Å². The fraction of sp³-hybridized carbons (Fsp3) is 0.846. The van der Waals surface area contributed by atoms with Crippen molar-refractivity contribution in [3.05, 3.63) is 0 Å². The summed E-state index contributed by atoms with van der Waals surface area (Å²) in [5.74, 6) is -0.906. The van der Waals surface area contributed by atoms with E-state index in [1.165, 1.54) is 4.90 Å². The summed E-state index contributed by atoms with van der Waals surface area (Å²) in [5, 5.41) is 9.73. The van der Waals surface area contributed by atoms with E-state index in [2.05, 4.69) is 0 Å². The van der Waals surface area contributed by atoms with Gasteiger partial charge in [-0.15, -0.1) is 0 Å². The lowest BCUT2D eigenvalue weighted by molar-refractivity contribution is -0.160. The zero-order valence-electron chi connectivity index (χ0n) is 11.4. The fourth-order valence-corrected chi connectivity index (χ4v) is 2.84. The molecule has 0 aliphatic heterocycles. The minimum Gasteiger partial charge on any atom is -0.479 e. The van der Waals surface area contributed by atoms with Crippen LogP contribution >= 0.6 is 11.8 Å². The first-order valence-electron chi connectivity index (χ1n) is 6.47. The van der Waals surface area contributed by atoms with Crippen LogP contribution < -0.4 is 0 Å². The van der Waals surface area contributed by atoms with Crippen molar-refractivity contribution in [1.29, 1.82) is 0 Å². The number of rotatable bonds is 5. The van der Waals surface area contributed by atoms with E-state index in [0.717, 1.165) is 19.3 Å². The molecule has 1 fully saturated rings. The number of amides is 1. The number of carbonyl (C=O) groups is 2. The average Bonchev–Trinajstić information content (AvgIpc) is 2.38. The third-order valence-corrected chi connectivity index (χ3v) is 4.93. The van der Waals surface area contributed by atoms with Gasteiger partial charge in [0.25, 0.3) is 0 Å². The van der Waals surface area contributed by atoms with Gasteiger partial charge in [-0.25, -0.2) is 4.79 Å². The molecule has 4 nitrogen and oxygen atoms in total. The molecular formula is C13H23NO3S. The van der Waals surface area contributed by atoms with Crippen molar-refractivity contribution in [2.75, 3.05) is 13.3 Å². The minimum atomic E-state index is -0.965. The van der Waals surface area contributed by atoms with Crippen LogP contribution in [0, 0.1) is 0 Å². The Morgan fingerprint density at radius 2 is 1.89 bits per heavy atom. The Bertz CT molecular complexity index is 313. The molecule has 1 unspecified atom stereocenters. The largest absolute Gasteiger partial charge is 0.479 e. The zero-order chi connectivity index (χ0) is 13.8. The van der Waals surface area contributed by atoms with Crippen LogP contribution in [0.4, 0.5) is 0 Å². The van der Waals surface area contributed by atoms with Crippen LogP contribution in [0.1, 0.15) is 45.4 Å². The Hall–Kier alpha value is -0.710. The summed E-state index contributed by atoms with van der Waals surface area (Å²) in [6.45, 7) is 1.99. The number of hydrogen-bond donors (Lipinski definition) is 1. The Balaban J connectivity index is 2.79. The molecule has 104 valence electrons. The first kappa shape index (κ1) is 15.3. The molecule has 0 radical (unpaired) electrons. The van der Waals surface area contributed by atoms with Gasteiger partial charge in [-0.2, -0.15) is 11.8 Å². The van der Waals surface area contributed by atoms with Crippen molar-refractivity contribution in [1.82, 2.24) is 4.90 Å². The molecule has 0 aromatic rings. The molecule has 1 atom stereocenters. The molecular weight excluding hydrogens is 250 g/mol. The highest BCUT2D eigenvalue weighted by Crippen LogP contribution is 2.34. The highest BCUT2D eigenvalue weighted by Gasteiger charge is 2.45. The molecule has 1 rings (SSSR count). The average molecular weight is 273 g/mol. The number of hydrogen-bond acceptors (Lipinski definition) is 3. The summed E-state index contributed by atoms with van der Waals surface area (Å²) in [6.07, 6.45) is 6.39. The van der Waals surface area contributed by atoms with Gasteiger partial charge in [-0.1, -0.05) is 26.2 Å². The van der Waals surface area contributed by atoms with Gasteiger partial charge >= 0.3 is 5.97 Å². The molecule has 5 heteroatoms. The number of nitrogens with zero attached hydrogens (tertiary/aromatic N) is 1. The van der Waals surface area contributed by atoms with Crippen LogP contribution in [0.15, 0.2) is 0 Å². The third kappa shape index (κ3) is 3.19. The zero-order valence-corrected chi connectivity index (χ0v) is 12.3. The number of likely N-dealkylation sites (N-methyl/N-ethyl adjacent to an activating group) is 1. The summed E-state index contributed by atoms with van der Waals surface area (Å²) in [7, 11) is 1.65.